The molecule has 0 N–H and O–H groups in total. The smallest absolute Gasteiger partial charge is 0.410 e. The fraction of sp³-hybridized carbons (Fsp3) is 0.562. The van der Waals surface area contributed by atoms with Gasteiger partial charge in [0.05, 0.1) is 0 Å². The van der Waals surface area contributed by atoms with E-state index in [4.69, 9.17) is 21.1 Å². The van der Waals surface area contributed by atoms with Crippen LogP contribution < -0.4 is 4.74 Å². The van der Waals surface area contributed by atoms with E-state index in [2.05, 4.69) is 22.6 Å². The van der Waals surface area contributed by atoms with Gasteiger partial charge in [-0.25, -0.2) is 4.79 Å². The molecule has 22 heavy (non-hydrogen) atoms. The summed E-state index contributed by atoms with van der Waals surface area (Å²) in [5, 5.41) is 0.674. The Hall–Kier alpha value is -0.690. The normalized spacial score (nSPS) is 16.5. The first-order valence-corrected chi connectivity index (χ1v) is 8.79. The van der Waals surface area contributed by atoms with E-state index >= 15 is 0 Å². The van der Waals surface area contributed by atoms with E-state index in [-0.39, 0.29) is 12.2 Å². The van der Waals surface area contributed by atoms with Gasteiger partial charge in [0.2, 0.25) is 0 Å². The maximum absolute atomic E-state index is 12.0. The van der Waals surface area contributed by atoms with Crippen molar-refractivity contribution < 1.29 is 14.3 Å². The number of rotatable bonds is 2. The minimum absolute atomic E-state index is 0.105. The van der Waals surface area contributed by atoms with Gasteiger partial charge in [0, 0.05) is 34.5 Å². The lowest BCUT2D eigenvalue weighted by atomic mass is 10.1. The maximum Gasteiger partial charge on any atom is 0.410 e. The minimum atomic E-state index is -0.456. The molecule has 1 aliphatic rings. The molecular weight excluding hydrogens is 417 g/mol. The topological polar surface area (TPSA) is 38.8 Å². The van der Waals surface area contributed by atoms with Crippen LogP contribution in [0.1, 0.15) is 33.6 Å². The molecule has 1 aromatic rings. The SMILES string of the molecule is CC(C)(C)OC(=O)N1CCC(Oc2cc(Cl)cc(I)c2)CC1. The average molecular weight is 438 g/mol. The zero-order valence-corrected chi connectivity index (χ0v) is 16.0. The summed E-state index contributed by atoms with van der Waals surface area (Å²) < 4.78 is 12.4. The first-order chi connectivity index (χ1) is 10.2. The van der Waals surface area contributed by atoms with Crippen molar-refractivity contribution in [1.82, 2.24) is 4.90 Å². The molecule has 0 spiro atoms. The van der Waals surface area contributed by atoms with Crippen LogP contribution in [0.15, 0.2) is 18.2 Å². The van der Waals surface area contributed by atoms with Gasteiger partial charge in [-0.05, 0) is 61.6 Å². The Balaban J connectivity index is 1.86. The molecule has 0 unspecified atom stereocenters. The highest BCUT2D eigenvalue weighted by molar-refractivity contribution is 14.1. The number of likely N-dealkylation sites (tertiary alicyclic amines) is 1. The van der Waals surface area contributed by atoms with Gasteiger partial charge in [0.15, 0.2) is 0 Å². The Morgan fingerprint density at radius 1 is 1.27 bits per heavy atom. The molecule has 0 saturated carbocycles. The van der Waals surface area contributed by atoms with Gasteiger partial charge < -0.3 is 14.4 Å². The molecule has 1 saturated heterocycles. The minimum Gasteiger partial charge on any atom is -0.490 e. The predicted octanol–water partition coefficient (Wildman–Crippen LogP) is 4.72. The highest BCUT2D eigenvalue weighted by atomic mass is 127. The van der Waals surface area contributed by atoms with E-state index in [0.29, 0.717) is 18.1 Å². The average Bonchev–Trinajstić information content (AvgIpc) is 2.36. The summed E-state index contributed by atoms with van der Waals surface area (Å²) in [6.07, 6.45) is 1.45. The molecular formula is C16H21ClINO3. The van der Waals surface area contributed by atoms with Crippen LogP contribution in [0, 0.1) is 3.57 Å². The number of ether oxygens (including phenoxy) is 2. The third kappa shape index (κ3) is 5.50. The summed E-state index contributed by atoms with van der Waals surface area (Å²) in [6, 6.07) is 5.68. The van der Waals surface area contributed by atoms with E-state index in [0.717, 1.165) is 22.2 Å². The lowest BCUT2D eigenvalue weighted by molar-refractivity contribution is 0.0126. The summed E-state index contributed by atoms with van der Waals surface area (Å²) in [6.45, 7) is 6.93. The summed E-state index contributed by atoms with van der Waals surface area (Å²) in [7, 11) is 0. The number of hydrogen-bond donors (Lipinski definition) is 0. The molecule has 6 heteroatoms. The number of amides is 1. The number of halogens is 2. The van der Waals surface area contributed by atoms with Crippen LogP contribution in [-0.4, -0.2) is 35.8 Å². The van der Waals surface area contributed by atoms with Crippen LogP contribution in [-0.2, 0) is 4.74 Å². The predicted molar refractivity (Wildman–Crippen MR) is 95.6 cm³/mol. The van der Waals surface area contributed by atoms with Crippen LogP contribution >= 0.6 is 34.2 Å². The van der Waals surface area contributed by atoms with Crippen molar-refractivity contribution in [3.63, 3.8) is 0 Å². The van der Waals surface area contributed by atoms with Gasteiger partial charge in [-0.15, -0.1) is 0 Å². The van der Waals surface area contributed by atoms with Crippen LogP contribution in [0.5, 0.6) is 5.75 Å². The molecule has 0 radical (unpaired) electrons. The number of benzene rings is 1. The zero-order chi connectivity index (χ0) is 16.3. The maximum atomic E-state index is 12.0. The van der Waals surface area contributed by atoms with Crippen molar-refractivity contribution in [1.29, 1.82) is 0 Å². The largest absolute Gasteiger partial charge is 0.490 e. The van der Waals surface area contributed by atoms with E-state index in [9.17, 15) is 4.79 Å². The van der Waals surface area contributed by atoms with Crippen molar-refractivity contribution in [3.05, 3.63) is 26.8 Å². The number of carbonyl (C=O) groups is 1. The fourth-order valence-electron chi connectivity index (χ4n) is 2.27. The van der Waals surface area contributed by atoms with Gasteiger partial charge in [-0.1, -0.05) is 11.6 Å². The quantitative estimate of drug-likeness (QED) is 0.628. The Morgan fingerprint density at radius 2 is 1.91 bits per heavy atom. The van der Waals surface area contributed by atoms with Gasteiger partial charge in [0.1, 0.15) is 17.5 Å². The van der Waals surface area contributed by atoms with Gasteiger partial charge >= 0.3 is 6.09 Å². The molecule has 0 aromatic heterocycles. The van der Waals surface area contributed by atoms with Gasteiger partial charge in [-0.3, -0.25) is 0 Å². The molecule has 0 bridgehead atoms. The molecule has 0 aliphatic carbocycles. The number of hydrogen-bond acceptors (Lipinski definition) is 3. The van der Waals surface area contributed by atoms with E-state index in [1.807, 2.05) is 39.0 Å². The highest BCUT2D eigenvalue weighted by Crippen LogP contribution is 2.25. The molecule has 1 aromatic carbocycles. The molecule has 2 rings (SSSR count). The summed E-state index contributed by atoms with van der Waals surface area (Å²) in [4.78, 5) is 13.8. The second-order valence-corrected chi connectivity index (χ2v) is 8.07. The Kier molecular flexibility index (Phi) is 5.82. The van der Waals surface area contributed by atoms with E-state index in [1.165, 1.54) is 0 Å². The third-order valence-electron chi connectivity index (χ3n) is 3.23. The number of piperidine rings is 1. The van der Waals surface area contributed by atoms with Crippen LogP contribution in [0.2, 0.25) is 5.02 Å². The summed E-state index contributed by atoms with van der Waals surface area (Å²) >= 11 is 8.26. The monoisotopic (exact) mass is 437 g/mol. The van der Waals surface area contributed by atoms with Crippen LogP contribution in [0.25, 0.3) is 0 Å². The molecule has 1 heterocycles. The van der Waals surface area contributed by atoms with Crippen molar-refractivity contribution in [2.45, 2.75) is 45.3 Å². The zero-order valence-electron chi connectivity index (χ0n) is 13.1. The van der Waals surface area contributed by atoms with Crippen LogP contribution in [0.3, 0.4) is 0 Å². The molecule has 0 atom stereocenters. The van der Waals surface area contributed by atoms with Crippen molar-refractivity contribution in [3.8, 4) is 5.75 Å². The van der Waals surface area contributed by atoms with E-state index in [1.54, 1.807) is 4.90 Å². The Labute approximate surface area is 150 Å². The highest BCUT2D eigenvalue weighted by Gasteiger charge is 2.27. The van der Waals surface area contributed by atoms with Gasteiger partial charge in [-0.2, -0.15) is 0 Å². The number of nitrogens with zero attached hydrogens (tertiary/aromatic N) is 1. The first-order valence-electron chi connectivity index (χ1n) is 7.33. The second-order valence-electron chi connectivity index (χ2n) is 6.39. The Morgan fingerprint density at radius 3 is 2.45 bits per heavy atom. The van der Waals surface area contributed by atoms with Crippen molar-refractivity contribution in [2.75, 3.05) is 13.1 Å². The Bertz CT molecular complexity index is 516. The van der Waals surface area contributed by atoms with Crippen molar-refractivity contribution >= 4 is 40.3 Å². The third-order valence-corrected chi connectivity index (χ3v) is 4.07. The molecule has 1 aliphatic heterocycles. The van der Waals surface area contributed by atoms with Crippen molar-refractivity contribution in [2.24, 2.45) is 0 Å². The number of carbonyl (C=O) groups excluding carboxylic acids is 1. The molecule has 1 amide bonds. The first kappa shape index (κ1) is 17.7. The lowest BCUT2D eigenvalue weighted by Crippen LogP contribution is -2.44. The fourth-order valence-corrected chi connectivity index (χ4v) is 3.32. The second kappa shape index (κ2) is 7.25. The standard InChI is InChI=1S/C16H21ClINO3/c1-16(2,3)22-15(20)19-6-4-13(5-7-19)21-14-9-11(17)8-12(18)10-14/h8-10,13H,4-7H2,1-3H3. The summed E-state index contributed by atoms with van der Waals surface area (Å²) in [5.41, 5.74) is -0.456. The molecule has 4 nitrogen and oxygen atoms in total. The molecule has 122 valence electrons. The lowest BCUT2D eigenvalue weighted by Gasteiger charge is -2.33. The summed E-state index contributed by atoms with van der Waals surface area (Å²) in [5.74, 6) is 0.785. The van der Waals surface area contributed by atoms with Gasteiger partial charge in [0.25, 0.3) is 0 Å². The van der Waals surface area contributed by atoms with E-state index < -0.39 is 5.60 Å². The van der Waals surface area contributed by atoms with Crippen LogP contribution in [0.4, 0.5) is 4.79 Å². The molecule has 1 fully saturated rings.